The molecule has 0 unspecified atom stereocenters. The molecule has 2 atom stereocenters. The molecular weight excluding hydrogens is 496 g/mol. The lowest BCUT2D eigenvalue weighted by Crippen LogP contribution is -2.38. The van der Waals surface area contributed by atoms with E-state index in [0.29, 0.717) is 24.3 Å². The number of ether oxygens (including phenoxy) is 1. The van der Waals surface area contributed by atoms with Crippen LogP contribution in [0.3, 0.4) is 0 Å². The van der Waals surface area contributed by atoms with Crippen molar-refractivity contribution in [3.8, 4) is 11.1 Å². The summed E-state index contributed by atoms with van der Waals surface area (Å²) in [6.07, 6.45) is 9.20. The maximum atomic E-state index is 12.3. The fourth-order valence-electron chi connectivity index (χ4n) is 5.12. The summed E-state index contributed by atoms with van der Waals surface area (Å²) in [6.45, 7) is 7.90. The number of morpholine rings is 1. The van der Waals surface area contributed by atoms with Gasteiger partial charge in [-0.05, 0) is 12.0 Å². The molecule has 5 heterocycles. The van der Waals surface area contributed by atoms with Gasteiger partial charge >= 0.3 is 0 Å². The second-order valence-electron chi connectivity index (χ2n) is 9.80. The summed E-state index contributed by atoms with van der Waals surface area (Å²) < 4.78 is 34.9. The second kappa shape index (κ2) is 10.4. The molecule has 0 aliphatic carbocycles. The highest BCUT2D eigenvalue weighted by Gasteiger charge is 2.36. The standard InChI is InChI=1S/C24H34N8O4S/c1-3-17-14-31(37(2,34)35)16-21(17)28-23-20(24(25)33)12-27-32-15-18(10-22(23)32)19-11-26-30(13-19)5-4-29-6-8-36-9-7-29/h10-13,15,17,21,28H,3-9,14,16H2,1-2H3,(H2,25,33)/t17-,21-/m1/s1. The van der Waals surface area contributed by atoms with E-state index in [1.54, 1.807) is 4.52 Å². The number of rotatable bonds is 9. The van der Waals surface area contributed by atoms with E-state index in [2.05, 4.69) is 20.4 Å². The number of hydrogen-bond acceptors (Lipinski definition) is 8. The van der Waals surface area contributed by atoms with Crippen LogP contribution in [0.1, 0.15) is 23.7 Å². The average Bonchev–Trinajstić information content (AvgIpc) is 3.61. The van der Waals surface area contributed by atoms with Crippen LogP contribution in [0.2, 0.25) is 0 Å². The largest absolute Gasteiger partial charge is 0.379 e. The maximum Gasteiger partial charge on any atom is 0.252 e. The van der Waals surface area contributed by atoms with E-state index < -0.39 is 15.9 Å². The highest BCUT2D eigenvalue weighted by Crippen LogP contribution is 2.32. The maximum absolute atomic E-state index is 12.3. The zero-order valence-corrected chi connectivity index (χ0v) is 22.0. The molecule has 13 heteroatoms. The number of nitrogens with two attached hydrogens (primary N) is 1. The molecule has 0 aromatic carbocycles. The zero-order valence-electron chi connectivity index (χ0n) is 21.2. The molecule has 1 amide bonds. The van der Waals surface area contributed by atoms with Gasteiger partial charge < -0.3 is 15.8 Å². The van der Waals surface area contributed by atoms with E-state index in [1.165, 1.54) is 16.8 Å². The first-order valence-electron chi connectivity index (χ1n) is 12.6. The number of sulfonamides is 1. The average molecular weight is 531 g/mol. The first-order chi connectivity index (χ1) is 17.7. The lowest BCUT2D eigenvalue weighted by Gasteiger charge is -2.26. The summed E-state index contributed by atoms with van der Waals surface area (Å²) in [4.78, 5) is 14.7. The van der Waals surface area contributed by atoms with Gasteiger partial charge in [0, 0.05) is 62.3 Å². The molecule has 3 aromatic heterocycles. The minimum atomic E-state index is -3.32. The van der Waals surface area contributed by atoms with Gasteiger partial charge in [-0.15, -0.1) is 0 Å². The third kappa shape index (κ3) is 5.49. The van der Waals surface area contributed by atoms with E-state index >= 15 is 0 Å². The van der Waals surface area contributed by atoms with Gasteiger partial charge in [-0.1, -0.05) is 13.3 Å². The number of anilines is 1. The molecule has 0 saturated carbocycles. The Kier molecular flexibility index (Phi) is 7.21. The Morgan fingerprint density at radius 2 is 1.92 bits per heavy atom. The van der Waals surface area contributed by atoms with Gasteiger partial charge in [0.25, 0.3) is 5.91 Å². The van der Waals surface area contributed by atoms with Gasteiger partial charge in [-0.25, -0.2) is 12.9 Å². The van der Waals surface area contributed by atoms with E-state index in [1.807, 2.05) is 36.3 Å². The van der Waals surface area contributed by atoms with Crippen molar-refractivity contribution >= 4 is 27.1 Å². The third-order valence-electron chi connectivity index (χ3n) is 7.35. The molecule has 12 nitrogen and oxygen atoms in total. The third-order valence-corrected chi connectivity index (χ3v) is 8.59. The van der Waals surface area contributed by atoms with Crippen LogP contribution in [-0.4, -0.2) is 101 Å². The minimum absolute atomic E-state index is 0.0998. The van der Waals surface area contributed by atoms with Crippen LogP contribution >= 0.6 is 0 Å². The number of fused-ring (bicyclic) bond motifs is 1. The molecule has 200 valence electrons. The number of hydrogen-bond donors (Lipinski definition) is 2. The van der Waals surface area contributed by atoms with Crippen LogP contribution in [0, 0.1) is 5.92 Å². The van der Waals surface area contributed by atoms with Gasteiger partial charge in [-0.2, -0.15) is 14.5 Å². The fourth-order valence-corrected chi connectivity index (χ4v) is 6.02. The Morgan fingerprint density at radius 3 is 2.62 bits per heavy atom. The van der Waals surface area contributed by atoms with Crippen molar-refractivity contribution in [2.45, 2.75) is 25.9 Å². The molecule has 0 radical (unpaired) electrons. The van der Waals surface area contributed by atoms with Gasteiger partial charge in [0.1, 0.15) is 0 Å². The first kappa shape index (κ1) is 25.6. The SMILES string of the molecule is CC[C@@H]1CN(S(C)(=O)=O)C[C@H]1Nc1c(C(N)=O)cnn2cc(-c3cnn(CCN4CCOCC4)c3)cc12. The molecule has 5 rings (SSSR count). The normalized spacial score (nSPS) is 21.6. The number of aromatic nitrogens is 4. The number of primary amides is 1. The predicted octanol–water partition coefficient (Wildman–Crippen LogP) is 0.711. The Balaban J connectivity index is 1.41. The molecule has 37 heavy (non-hydrogen) atoms. The molecule has 0 bridgehead atoms. The first-order valence-corrected chi connectivity index (χ1v) is 14.4. The number of carbonyl (C=O) groups is 1. The van der Waals surface area contributed by atoms with Crippen molar-refractivity contribution in [2.75, 3.05) is 57.5 Å². The van der Waals surface area contributed by atoms with Crippen LogP contribution in [0.15, 0.2) is 30.9 Å². The number of nitrogens with one attached hydrogen (secondary N) is 1. The van der Waals surface area contributed by atoms with Gasteiger partial charge in [-0.3, -0.25) is 14.4 Å². The topological polar surface area (TPSA) is 140 Å². The number of amides is 1. The Hall–Kier alpha value is -3.00. The van der Waals surface area contributed by atoms with Crippen molar-refractivity contribution in [3.05, 3.63) is 36.4 Å². The highest BCUT2D eigenvalue weighted by molar-refractivity contribution is 7.88. The summed E-state index contributed by atoms with van der Waals surface area (Å²) >= 11 is 0. The van der Waals surface area contributed by atoms with E-state index in [-0.39, 0.29) is 17.5 Å². The molecule has 0 spiro atoms. The van der Waals surface area contributed by atoms with E-state index in [0.717, 1.165) is 56.9 Å². The van der Waals surface area contributed by atoms with Crippen LogP contribution in [0.5, 0.6) is 0 Å². The lowest BCUT2D eigenvalue weighted by atomic mass is 10.00. The molecule has 3 aromatic rings. The van der Waals surface area contributed by atoms with Crippen LogP contribution in [-0.2, 0) is 21.3 Å². The molecule has 2 aliphatic rings. The summed E-state index contributed by atoms with van der Waals surface area (Å²) in [7, 11) is -3.32. The van der Waals surface area contributed by atoms with Gasteiger partial charge in [0.05, 0.1) is 55.2 Å². The molecule has 2 aliphatic heterocycles. The quantitative estimate of drug-likeness (QED) is 0.412. The fraction of sp³-hybridized carbons (Fsp3) is 0.542. The second-order valence-corrected chi connectivity index (χ2v) is 11.8. The van der Waals surface area contributed by atoms with Crippen molar-refractivity contribution < 1.29 is 17.9 Å². The van der Waals surface area contributed by atoms with Crippen LogP contribution in [0.4, 0.5) is 5.69 Å². The molecule has 3 N–H and O–H groups in total. The summed E-state index contributed by atoms with van der Waals surface area (Å²) in [5.74, 6) is -0.495. The van der Waals surface area contributed by atoms with Crippen LogP contribution < -0.4 is 11.1 Å². The van der Waals surface area contributed by atoms with Crippen molar-refractivity contribution in [1.29, 1.82) is 0 Å². The monoisotopic (exact) mass is 530 g/mol. The van der Waals surface area contributed by atoms with Crippen molar-refractivity contribution in [1.82, 2.24) is 28.6 Å². The predicted molar refractivity (Wildman–Crippen MR) is 140 cm³/mol. The molecule has 2 saturated heterocycles. The smallest absolute Gasteiger partial charge is 0.252 e. The molecular formula is C24H34N8O4S. The van der Waals surface area contributed by atoms with Gasteiger partial charge in [0.2, 0.25) is 10.0 Å². The van der Waals surface area contributed by atoms with E-state index in [4.69, 9.17) is 10.5 Å². The summed E-state index contributed by atoms with van der Waals surface area (Å²) in [6, 6.07) is 1.79. The summed E-state index contributed by atoms with van der Waals surface area (Å²) in [5.41, 5.74) is 9.07. The lowest BCUT2D eigenvalue weighted by molar-refractivity contribution is 0.0360. The zero-order chi connectivity index (χ0) is 26.2. The highest BCUT2D eigenvalue weighted by atomic mass is 32.2. The van der Waals surface area contributed by atoms with Crippen LogP contribution in [0.25, 0.3) is 16.6 Å². The summed E-state index contributed by atoms with van der Waals surface area (Å²) in [5, 5.41) is 12.4. The molecule has 2 fully saturated rings. The Morgan fingerprint density at radius 1 is 1.14 bits per heavy atom. The Bertz CT molecular complexity index is 1380. The number of nitrogens with zero attached hydrogens (tertiary/aromatic N) is 6. The van der Waals surface area contributed by atoms with Crippen molar-refractivity contribution in [2.24, 2.45) is 11.7 Å². The minimum Gasteiger partial charge on any atom is -0.379 e. The number of carbonyl (C=O) groups excluding carboxylic acids is 1. The van der Waals surface area contributed by atoms with Crippen molar-refractivity contribution in [3.63, 3.8) is 0 Å². The Labute approximate surface area is 216 Å². The van der Waals surface area contributed by atoms with E-state index in [9.17, 15) is 13.2 Å². The van der Waals surface area contributed by atoms with Gasteiger partial charge in [0.15, 0.2) is 0 Å².